The molecule has 0 bridgehead atoms. The molecule has 1 aliphatic rings. The van der Waals surface area contributed by atoms with Gasteiger partial charge in [0.25, 0.3) is 0 Å². The van der Waals surface area contributed by atoms with Crippen LogP contribution in [0.1, 0.15) is 51.4 Å². The third-order valence-electron chi connectivity index (χ3n) is 3.49. The highest BCUT2D eigenvalue weighted by Crippen LogP contribution is 2.25. The first kappa shape index (κ1) is 14.9. The first-order valence-corrected chi connectivity index (χ1v) is 8.36. The highest BCUT2D eigenvalue weighted by Gasteiger charge is 2.42. The van der Waals surface area contributed by atoms with Crippen molar-refractivity contribution in [2.45, 2.75) is 51.4 Å². The minimum atomic E-state index is -2.55. The third-order valence-corrected chi connectivity index (χ3v) is 6.34. The second kappa shape index (κ2) is 8.03. The SMILES string of the molecule is CO[Si](OC)(OC)C1=CCCCCCCCC1. The molecule has 0 saturated heterocycles. The Morgan fingerprint density at radius 1 is 0.824 bits per heavy atom. The van der Waals surface area contributed by atoms with Gasteiger partial charge < -0.3 is 13.3 Å². The Hall–Kier alpha value is -0.163. The molecule has 0 fully saturated rings. The van der Waals surface area contributed by atoms with Gasteiger partial charge in [-0.3, -0.25) is 0 Å². The molecule has 0 atom stereocenters. The first-order valence-electron chi connectivity index (χ1n) is 6.64. The standard InChI is InChI=1S/C13H26O3Si/c1-14-17(15-2,16-3)13-11-9-7-5-4-6-8-10-12-13/h11H,4-10,12H2,1-3H3. The average Bonchev–Trinajstić information content (AvgIpc) is 2.39. The summed E-state index contributed by atoms with van der Waals surface area (Å²) in [6.07, 6.45) is 12.3. The van der Waals surface area contributed by atoms with Crippen molar-refractivity contribution in [2.75, 3.05) is 21.3 Å². The van der Waals surface area contributed by atoms with E-state index in [1.165, 1.54) is 43.7 Å². The van der Waals surface area contributed by atoms with Gasteiger partial charge in [0.1, 0.15) is 0 Å². The molecular formula is C13H26O3Si. The van der Waals surface area contributed by atoms with Crippen LogP contribution >= 0.6 is 0 Å². The lowest BCUT2D eigenvalue weighted by atomic mass is 10.1. The summed E-state index contributed by atoms with van der Waals surface area (Å²) >= 11 is 0. The van der Waals surface area contributed by atoms with E-state index in [0.29, 0.717) is 0 Å². The maximum absolute atomic E-state index is 5.57. The fourth-order valence-electron chi connectivity index (χ4n) is 2.47. The normalized spacial score (nSPS) is 19.8. The molecule has 0 aromatic heterocycles. The lowest BCUT2D eigenvalue weighted by Crippen LogP contribution is -2.45. The van der Waals surface area contributed by atoms with Gasteiger partial charge in [-0.05, 0) is 30.9 Å². The van der Waals surface area contributed by atoms with Crippen molar-refractivity contribution in [1.82, 2.24) is 0 Å². The van der Waals surface area contributed by atoms with Gasteiger partial charge in [0.2, 0.25) is 0 Å². The van der Waals surface area contributed by atoms with Crippen LogP contribution in [-0.2, 0) is 13.3 Å². The van der Waals surface area contributed by atoms with Gasteiger partial charge in [-0.1, -0.05) is 31.8 Å². The van der Waals surface area contributed by atoms with Gasteiger partial charge in [-0.15, -0.1) is 0 Å². The fourth-order valence-corrected chi connectivity index (χ4v) is 4.63. The van der Waals surface area contributed by atoms with Crippen LogP contribution in [0, 0.1) is 0 Å². The molecule has 0 radical (unpaired) electrons. The Morgan fingerprint density at radius 3 is 1.94 bits per heavy atom. The minimum absolute atomic E-state index is 1.06. The Balaban J connectivity index is 2.76. The van der Waals surface area contributed by atoms with Gasteiger partial charge in [-0.2, -0.15) is 0 Å². The van der Waals surface area contributed by atoms with E-state index in [1.54, 1.807) is 21.3 Å². The van der Waals surface area contributed by atoms with Crippen LogP contribution in [0.15, 0.2) is 11.3 Å². The molecule has 3 nitrogen and oxygen atoms in total. The van der Waals surface area contributed by atoms with Crippen molar-refractivity contribution >= 4 is 8.80 Å². The molecule has 4 heteroatoms. The van der Waals surface area contributed by atoms with Gasteiger partial charge in [-0.25, -0.2) is 0 Å². The summed E-state index contributed by atoms with van der Waals surface area (Å²) in [6.45, 7) is 0. The lowest BCUT2D eigenvalue weighted by Gasteiger charge is -2.27. The van der Waals surface area contributed by atoms with Gasteiger partial charge >= 0.3 is 8.80 Å². The van der Waals surface area contributed by atoms with Crippen LogP contribution in [0.4, 0.5) is 0 Å². The molecule has 1 rings (SSSR count). The average molecular weight is 258 g/mol. The number of hydrogen-bond donors (Lipinski definition) is 0. The predicted octanol–water partition coefficient (Wildman–Crippen LogP) is 3.46. The van der Waals surface area contributed by atoms with E-state index in [9.17, 15) is 0 Å². The number of hydrogen-bond acceptors (Lipinski definition) is 3. The Labute approximate surface area is 107 Å². The van der Waals surface area contributed by atoms with E-state index in [4.69, 9.17) is 13.3 Å². The Morgan fingerprint density at radius 2 is 1.35 bits per heavy atom. The summed E-state index contributed by atoms with van der Waals surface area (Å²) in [5.74, 6) is 0. The van der Waals surface area contributed by atoms with E-state index >= 15 is 0 Å². The molecule has 0 heterocycles. The molecule has 0 spiro atoms. The maximum Gasteiger partial charge on any atom is 0.531 e. The van der Waals surface area contributed by atoms with Crippen LogP contribution < -0.4 is 0 Å². The van der Waals surface area contributed by atoms with Crippen LogP contribution in [0.5, 0.6) is 0 Å². The van der Waals surface area contributed by atoms with Crippen molar-refractivity contribution in [1.29, 1.82) is 0 Å². The molecule has 0 aromatic rings. The molecule has 0 unspecified atom stereocenters. The molecule has 0 aromatic carbocycles. The highest BCUT2D eigenvalue weighted by molar-refractivity contribution is 6.68. The van der Waals surface area contributed by atoms with Crippen molar-refractivity contribution in [3.8, 4) is 0 Å². The van der Waals surface area contributed by atoms with Crippen LogP contribution in [0.25, 0.3) is 0 Å². The van der Waals surface area contributed by atoms with Crippen LogP contribution in [0.2, 0.25) is 0 Å². The summed E-state index contributed by atoms with van der Waals surface area (Å²) in [4.78, 5) is 0. The molecule has 100 valence electrons. The summed E-state index contributed by atoms with van der Waals surface area (Å²) < 4.78 is 16.7. The molecular weight excluding hydrogens is 232 g/mol. The monoisotopic (exact) mass is 258 g/mol. The molecule has 1 aliphatic carbocycles. The van der Waals surface area contributed by atoms with Crippen LogP contribution in [-0.4, -0.2) is 30.1 Å². The molecule has 0 N–H and O–H groups in total. The minimum Gasteiger partial charge on any atom is -0.374 e. The van der Waals surface area contributed by atoms with Gasteiger partial charge in [0, 0.05) is 21.3 Å². The highest BCUT2D eigenvalue weighted by atomic mass is 28.4. The maximum atomic E-state index is 5.57. The number of allylic oxidation sites excluding steroid dienone is 2. The zero-order chi connectivity index (χ0) is 12.6. The van der Waals surface area contributed by atoms with E-state index in [2.05, 4.69) is 6.08 Å². The van der Waals surface area contributed by atoms with E-state index in [1.807, 2.05) is 0 Å². The molecule has 0 saturated carbocycles. The van der Waals surface area contributed by atoms with Crippen molar-refractivity contribution in [3.63, 3.8) is 0 Å². The van der Waals surface area contributed by atoms with Crippen molar-refractivity contribution < 1.29 is 13.3 Å². The lowest BCUT2D eigenvalue weighted by molar-refractivity contribution is 0.133. The number of rotatable bonds is 4. The van der Waals surface area contributed by atoms with E-state index in [-0.39, 0.29) is 0 Å². The summed E-state index contributed by atoms with van der Waals surface area (Å²) in [7, 11) is 2.53. The second-order valence-corrected chi connectivity index (χ2v) is 7.54. The third kappa shape index (κ3) is 4.21. The topological polar surface area (TPSA) is 27.7 Å². The van der Waals surface area contributed by atoms with Crippen molar-refractivity contribution in [2.24, 2.45) is 0 Å². The first-order chi connectivity index (χ1) is 8.29. The van der Waals surface area contributed by atoms with Gasteiger partial charge in [0.05, 0.1) is 0 Å². The summed E-state index contributed by atoms with van der Waals surface area (Å²) in [5, 5.41) is 1.27. The molecule has 0 amide bonds. The predicted molar refractivity (Wildman–Crippen MR) is 71.8 cm³/mol. The van der Waals surface area contributed by atoms with Crippen molar-refractivity contribution in [3.05, 3.63) is 11.3 Å². The smallest absolute Gasteiger partial charge is 0.374 e. The fraction of sp³-hybridized carbons (Fsp3) is 0.846. The molecule has 17 heavy (non-hydrogen) atoms. The van der Waals surface area contributed by atoms with Crippen LogP contribution in [0.3, 0.4) is 0 Å². The summed E-state index contributed by atoms with van der Waals surface area (Å²) in [5.41, 5.74) is 0. The second-order valence-electron chi connectivity index (χ2n) is 4.56. The molecule has 0 aliphatic heterocycles. The quantitative estimate of drug-likeness (QED) is 0.723. The zero-order valence-electron chi connectivity index (χ0n) is 11.5. The Bertz CT molecular complexity index is 229. The summed E-state index contributed by atoms with van der Waals surface area (Å²) in [6, 6.07) is 0. The largest absolute Gasteiger partial charge is 0.531 e. The zero-order valence-corrected chi connectivity index (χ0v) is 12.5. The van der Waals surface area contributed by atoms with E-state index in [0.717, 1.165) is 12.8 Å². The van der Waals surface area contributed by atoms with Gasteiger partial charge in [0.15, 0.2) is 0 Å². The van der Waals surface area contributed by atoms with E-state index < -0.39 is 8.80 Å². The Kier molecular flexibility index (Phi) is 7.04.